The summed E-state index contributed by atoms with van der Waals surface area (Å²) in [5.41, 5.74) is 3.23. The van der Waals surface area contributed by atoms with Crippen molar-refractivity contribution < 1.29 is 9.53 Å². The van der Waals surface area contributed by atoms with Crippen LogP contribution in [0.1, 0.15) is 49.7 Å². The van der Waals surface area contributed by atoms with Gasteiger partial charge in [0.05, 0.1) is 35.8 Å². The summed E-state index contributed by atoms with van der Waals surface area (Å²) in [6.45, 7) is 17.0. The van der Waals surface area contributed by atoms with Gasteiger partial charge in [0, 0.05) is 25.8 Å². The maximum atomic E-state index is 12.8. The van der Waals surface area contributed by atoms with Gasteiger partial charge in [-0.1, -0.05) is 13.0 Å². The van der Waals surface area contributed by atoms with Crippen molar-refractivity contribution in [2.24, 2.45) is 5.92 Å². The molecule has 0 radical (unpaired) electrons. The molecule has 0 atom stereocenters. The fraction of sp³-hybridized carbons (Fsp3) is 0.520. The summed E-state index contributed by atoms with van der Waals surface area (Å²) in [6, 6.07) is 7.72. The van der Waals surface area contributed by atoms with Crippen LogP contribution >= 0.6 is 0 Å². The SMILES string of the molecule is [C-]#[N+]c1c[nH]c(C(=O)Nc2ccc(C(C)(C)OCCN(C)C)cc2N2CCC(C)CC2)c1. The number of nitrogens with zero attached hydrogens (tertiary/aromatic N) is 3. The van der Waals surface area contributed by atoms with E-state index in [0.717, 1.165) is 49.4 Å². The van der Waals surface area contributed by atoms with Crippen LogP contribution in [0.5, 0.6) is 0 Å². The number of H-pyrrole nitrogens is 1. The maximum Gasteiger partial charge on any atom is 0.270 e. The minimum atomic E-state index is -0.444. The zero-order valence-electron chi connectivity index (χ0n) is 19.9. The standard InChI is InChI=1S/C25H35N5O2/c1-18-9-11-30(12-10-18)23-15-19(25(2,3)32-14-13-29(5)6)7-8-21(23)28-24(31)22-16-20(26-4)17-27-22/h7-8,15-18,27H,9-14H2,1-3,5-6H3,(H,28,31). The van der Waals surface area contributed by atoms with E-state index >= 15 is 0 Å². The number of anilines is 2. The number of carbonyl (C=O) groups excluding carboxylic acids is 1. The number of rotatable bonds is 8. The molecule has 1 fully saturated rings. The first kappa shape index (κ1) is 23.8. The number of hydrogen-bond donors (Lipinski definition) is 2. The van der Waals surface area contributed by atoms with E-state index in [4.69, 9.17) is 11.3 Å². The molecule has 0 aliphatic carbocycles. The Morgan fingerprint density at radius 3 is 2.66 bits per heavy atom. The van der Waals surface area contributed by atoms with Gasteiger partial charge in [0.15, 0.2) is 0 Å². The van der Waals surface area contributed by atoms with Crippen LogP contribution in [0, 0.1) is 12.5 Å². The highest BCUT2D eigenvalue weighted by Gasteiger charge is 2.26. The average molecular weight is 438 g/mol. The smallest absolute Gasteiger partial charge is 0.270 e. The molecule has 2 aromatic rings. The van der Waals surface area contributed by atoms with E-state index in [1.54, 1.807) is 12.3 Å². The van der Waals surface area contributed by atoms with Crippen LogP contribution in [0.25, 0.3) is 4.85 Å². The van der Waals surface area contributed by atoms with Crippen LogP contribution in [0.4, 0.5) is 17.1 Å². The van der Waals surface area contributed by atoms with Crippen molar-refractivity contribution in [3.05, 3.63) is 53.1 Å². The molecule has 7 nitrogen and oxygen atoms in total. The van der Waals surface area contributed by atoms with Gasteiger partial charge in [0.1, 0.15) is 0 Å². The largest absolute Gasteiger partial charge is 0.370 e. The second kappa shape index (κ2) is 10.2. The predicted octanol–water partition coefficient (Wildman–Crippen LogP) is 4.87. The molecule has 1 aliphatic heterocycles. The van der Waals surface area contributed by atoms with Crippen molar-refractivity contribution in [2.45, 2.75) is 39.2 Å². The predicted molar refractivity (Wildman–Crippen MR) is 130 cm³/mol. The first-order valence-corrected chi connectivity index (χ1v) is 11.2. The molecule has 32 heavy (non-hydrogen) atoms. The van der Waals surface area contributed by atoms with E-state index in [1.807, 2.05) is 26.2 Å². The summed E-state index contributed by atoms with van der Waals surface area (Å²) in [5.74, 6) is 0.463. The molecule has 3 rings (SSSR count). The second-order valence-electron chi connectivity index (χ2n) is 9.40. The minimum absolute atomic E-state index is 0.249. The highest BCUT2D eigenvalue weighted by atomic mass is 16.5. The molecule has 1 aliphatic rings. The van der Waals surface area contributed by atoms with Gasteiger partial charge in [0.2, 0.25) is 5.69 Å². The van der Waals surface area contributed by atoms with Gasteiger partial charge in [-0.15, -0.1) is 0 Å². The van der Waals surface area contributed by atoms with Crippen molar-refractivity contribution >= 4 is 23.0 Å². The zero-order valence-corrected chi connectivity index (χ0v) is 19.9. The first-order valence-electron chi connectivity index (χ1n) is 11.2. The van der Waals surface area contributed by atoms with E-state index in [2.05, 4.69) is 51.8 Å². The molecule has 2 N–H and O–H groups in total. The molecule has 1 aromatic heterocycles. The topological polar surface area (TPSA) is 65.0 Å². The fourth-order valence-electron chi connectivity index (χ4n) is 3.86. The Balaban J connectivity index is 1.87. The molecular formula is C25H35N5O2. The Kier molecular flexibility index (Phi) is 7.60. The third-order valence-electron chi connectivity index (χ3n) is 6.11. The number of benzene rings is 1. The van der Waals surface area contributed by atoms with Gasteiger partial charge >= 0.3 is 0 Å². The average Bonchev–Trinajstić information content (AvgIpc) is 3.24. The van der Waals surface area contributed by atoms with Crippen molar-refractivity contribution in [1.82, 2.24) is 9.88 Å². The summed E-state index contributed by atoms with van der Waals surface area (Å²) >= 11 is 0. The number of amides is 1. The molecule has 0 saturated carbocycles. The third-order valence-corrected chi connectivity index (χ3v) is 6.11. The van der Waals surface area contributed by atoms with Crippen molar-refractivity contribution in [2.75, 3.05) is 50.6 Å². The van der Waals surface area contributed by atoms with Gasteiger partial charge in [-0.05, 0) is 70.5 Å². The van der Waals surface area contributed by atoms with E-state index in [-0.39, 0.29) is 5.91 Å². The summed E-state index contributed by atoms with van der Waals surface area (Å²) in [6.07, 6.45) is 3.81. The molecule has 1 saturated heterocycles. The third kappa shape index (κ3) is 5.90. The minimum Gasteiger partial charge on any atom is -0.370 e. The summed E-state index contributed by atoms with van der Waals surface area (Å²) in [7, 11) is 4.07. The number of ether oxygens (including phenoxy) is 1. The molecular weight excluding hydrogens is 402 g/mol. The van der Waals surface area contributed by atoms with Gasteiger partial charge in [0.25, 0.3) is 5.91 Å². The number of hydrogen-bond acceptors (Lipinski definition) is 4. The summed E-state index contributed by atoms with van der Waals surface area (Å²) in [4.78, 5) is 23.5. The van der Waals surface area contributed by atoms with Crippen molar-refractivity contribution in [1.29, 1.82) is 0 Å². The number of nitrogens with one attached hydrogen (secondary N) is 2. The number of carbonyl (C=O) groups is 1. The Hall–Kier alpha value is -2.82. The maximum absolute atomic E-state index is 12.8. The Bertz CT molecular complexity index is 965. The molecule has 7 heteroatoms. The monoisotopic (exact) mass is 437 g/mol. The quantitative estimate of drug-likeness (QED) is 0.579. The summed E-state index contributed by atoms with van der Waals surface area (Å²) < 4.78 is 6.21. The number of aromatic nitrogens is 1. The van der Waals surface area contributed by atoms with Crippen LogP contribution < -0.4 is 10.2 Å². The molecule has 2 heterocycles. The second-order valence-corrected chi connectivity index (χ2v) is 9.40. The van der Waals surface area contributed by atoms with Gasteiger partial charge in [-0.3, -0.25) is 4.79 Å². The normalized spacial score (nSPS) is 15.1. The fourth-order valence-corrected chi connectivity index (χ4v) is 3.86. The number of piperidine rings is 1. The highest BCUT2D eigenvalue weighted by molar-refractivity contribution is 6.05. The van der Waals surface area contributed by atoms with Crippen LogP contribution in [0.3, 0.4) is 0 Å². The lowest BCUT2D eigenvalue weighted by Crippen LogP contribution is -2.34. The number of likely N-dealkylation sites (N-methyl/N-ethyl adjacent to an activating group) is 1. The zero-order chi connectivity index (χ0) is 23.3. The van der Waals surface area contributed by atoms with Gasteiger partial charge < -0.3 is 24.8 Å². The molecule has 1 aromatic carbocycles. The molecule has 0 unspecified atom stereocenters. The lowest BCUT2D eigenvalue weighted by molar-refractivity contribution is -0.0268. The van der Waals surface area contributed by atoms with E-state index in [9.17, 15) is 4.79 Å². The molecule has 1 amide bonds. The van der Waals surface area contributed by atoms with Gasteiger partial charge in [-0.25, -0.2) is 4.85 Å². The summed E-state index contributed by atoms with van der Waals surface area (Å²) in [5, 5.41) is 3.05. The molecule has 172 valence electrons. The van der Waals surface area contributed by atoms with E-state index < -0.39 is 5.60 Å². The van der Waals surface area contributed by atoms with E-state index in [0.29, 0.717) is 23.9 Å². The highest BCUT2D eigenvalue weighted by Crippen LogP contribution is 2.35. The van der Waals surface area contributed by atoms with Gasteiger partial charge in [-0.2, -0.15) is 0 Å². The number of aromatic amines is 1. The van der Waals surface area contributed by atoms with E-state index in [1.165, 1.54) is 0 Å². The molecule has 0 bridgehead atoms. The first-order chi connectivity index (χ1) is 15.2. The van der Waals surface area contributed by atoms with Crippen LogP contribution in [-0.2, 0) is 10.3 Å². The Morgan fingerprint density at radius 1 is 1.31 bits per heavy atom. The Labute approximate surface area is 191 Å². The van der Waals surface area contributed by atoms with Crippen LogP contribution in [-0.4, -0.2) is 56.1 Å². The van der Waals surface area contributed by atoms with Crippen LogP contribution in [0.15, 0.2) is 30.5 Å². The molecule has 0 spiro atoms. The Morgan fingerprint density at radius 2 is 2.03 bits per heavy atom. The van der Waals surface area contributed by atoms with Crippen molar-refractivity contribution in [3.8, 4) is 0 Å². The lowest BCUT2D eigenvalue weighted by atomic mass is 9.94. The van der Waals surface area contributed by atoms with Crippen LogP contribution in [0.2, 0.25) is 0 Å². The lowest BCUT2D eigenvalue weighted by Gasteiger charge is -2.35. The van der Waals surface area contributed by atoms with Crippen molar-refractivity contribution in [3.63, 3.8) is 0 Å².